The number of carbonyl (C=O) groups is 1. The highest BCUT2D eigenvalue weighted by Crippen LogP contribution is 2.44. The lowest BCUT2D eigenvalue weighted by molar-refractivity contribution is 0.0945. The second-order valence-corrected chi connectivity index (χ2v) is 7.19. The molecule has 0 saturated heterocycles. The van der Waals surface area contributed by atoms with Crippen LogP contribution >= 0.6 is 0 Å². The van der Waals surface area contributed by atoms with Gasteiger partial charge in [0.25, 0.3) is 5.91 Å². The maximum Gasteiger partial charge on any atom is 0.270 e. The predicted molar refractivity (Wildman–Crippen MR) is 102 cm³/mol. The van der Waals surface area contributed by atoms with Crippen LogP contribution in [0.2, 0.25) is 0 Å². The highest BCUT2D eigenvalue weighted by molar-refractivity contribution is 5.93. The quantitative estimate of drug-likeness (QED) is 0.753. The Bertz CT molecular complexity index is 790. The minimum Gasteiger partial charge on any atom is -0.385 e. The number of aromatic nitrogens is 2. The summed E-state index contributed by atoms with van der Waals surface area (Å²) in [6.07, 6.45) is 12.0. The van der Waals surface area contributed by atoms with Crippen molar-refractivity contribution in [1.82, 2.24) is 15.3 Å². The fourth-order valence-electron chi connectivity index (χ4n) is 4.06. The Hall–Kier alpha value is -2.69. The van der Waals surface area contributed by atoms with E-state index in [1.165, 1.54) is 19.3 Å². The summed E-state index contributed by atoms with van der Waals surface area (Å²) < 4.78 is 0. The van der Waals surface area contributed by atoms with Crippen LogP contribution in [-0.2, 0) is 6.54 Å². The van der Waals surface area contributed by atoms with E-state index in [0.29, 0.717) is 12.2 Å². The summed E-state index contributed by atoms with van der Waals surface area (Å²) in [6, 6.07) is 9.37. The molecule has 1 fully saturated rings. The molecule has 5 heteroatoms. The molecule has 3 atom stereocenters. The van der Waals surface area contributed by atoms with Crippen LogP contribution in [0.3, 0.4) is 0 Å². The van der Waals surface area contributed by atoms with Crippen molar-refractivity contribution in [2.75, 3.05) is 11.9 Å². The van der Waals surface area contributed by atoms with Gasteiger partial charge in [-0.2, -0.15) is 0 Å². The van der Waals surface area contributed by atoms with E-state index in [0.717, 1.165) is 35.7 Å². The second kappa shape index (κ2) is 7.68. The molecule has 2 aromatic rings. The lowest BCUT2D eigenvalue weighted by Crippen LogP contribution is -2.24. The third-order valence-corrected chi connectivity index (χ3v) is 5.41. The Labute approximate surface area is 154 Å². The molecule has 5 nitrogen and oxygen atoms in total. The molecule has 26 heavy (non-hydrogen) atoms. The maximum atomic E-state index is 12.3. The van der Waals surface area contributed by atoms with Crippen molar-refractivity contribution >= 4 is 11.6 Å². The summed E-state index contributed by atoms with van der Waals surface area (Å²) in [5.74, 6) is 2.23. The fourth-order valence-corrected chi connectivity index (χ4v) is 4.06. The SMILES string of the molecule is O=C(NCc1ccccn1)c1cc(NCC[C@@H]2C[C@@H]3C=C[C@H]2C3)ccn1. The van der Waals surface area contributed by atoms with Gasteiger partial charge in [0, 0.05) is 24.6 Å². The van der Waals surface area contributed by atoms with Crippen molar-refractivity contribution in [3.05, 3.63) is 66.3 Å². The number of hydrogen-bond donors (Lipinski definition) is 2. The van der Waals surface area contributed by atoms with Crippen molar-refractivity contribution in [3.8, 4) is 0 Å². The molecule has 0 unspecified atom stereocenters. The second-order valence-electron chi connectivity index (χ2n) is 7.19. The summed E-state index contributed by atoms with van der Waals surface area (Å²) in [6.45, 7) is 1.33. The molecule has 0 aromatic carbocycles. The van der Waals surface area contributed by atoms with Crippen LogP contribution in [-0.4, -0.2) is 22.4 Å². The van der Waals surface area contributed by atoms with Crippen molar-refractivity contribution in [1.29, 1.82) is 0 Å². The molecule has 2 aliphatic carbocycles. The van der Waals surface area contributed by atoms with Crippen molar-refractivity contribution < 1.29 is 4.79 Å². The van der Waals surface area contributed by atoms with E-state index in [1.54, 1.807) is 12.4 Å². The van der Waals surface area contributed by atoms with Crippen molar-refractivity contribution in [3.63, 3.8) is 0 Å². The smallest absolute Gasteiger partial charge is 0.270 e. The number of hydrogen-bond acceptors (Lipinski definition) is 4. The van der Waals surface area contributed by atoms with Crippen LogP contribution in [0.4, 0.5) is 5.69 Å². The van der Waals surface area contributed by atoms with Gasteiger partial charge in [-0.3, -0.25) is 14.8 Å². The number of anilines is 1. The zero-order chi connectivity index (χ0) is 17.8. The Morgan fingerprint density at radius 2 is 2.08 bits per heavy atom. The Kier molecular flexibility index (Phi) is 4.95. The number of rotatable bonds is 7. The average molecular weight is 348 g/mol. The molecule has 2 N–H and O–H groups in total. The maximum absolute atomic E-state index is 12.3. The lowest BCUT2D eigenvalue weighted by Gasteiger charge is -2.18. The number of fused-ring (bicyclic) bond motifs is 2. The molecule has 4 rings (SSSR count). The van der Waals surface area contributed by atoms with Gasteiger partial charge in [0.15, 0.2) is 0 Å². The molecule has 2 aliphatic rings. The van der Waals surface area contributed by atoms with E-state index in [2.05, 4.69) is 32.8 Å². The molecular weight excluding hydrogens is 324 g/mol. The average Bonchev–Trinajstić information content (AvgIpc) is 3.30. The van der Waals surface area contributed by atoms with Gasteiger partial charge in [-0.05, 0) is 61.3 Å². The minimum absolute atomic E-state index is 0.183. The monoisotopic (exact) mass is 348 g/mol. The molecule has 0 spiro atoms. The summed E-state index contributed by atoms with van der Waals surface area (Å²) in [5, 5.41) is 6.31. The van der Waals surface area contributed by atoms with E-state index in [4.69, 9.17) is 0 Å². The molecule has 1 amide bonds. The number of pyridine rings is 2. The molecule has 2 bridgehead atoms. The Morgan fingerprint density at radius 3 is 2.85 bits per heavy atom. The van der Waals surface area contributed by atoms with Gasteiger partial charge in [0.1, 0.15) is 5.69 Å². The molecule has 0 radical (unpaired) electrons. The van der Waals surface area contributed by atoms with Crippen molar-refractivity contribution in [2.24, 2.45) is 17.8 Å². The highest BCUT2D eigenvalue weighted by atomic mass is 16.1. The topological polar surface area (TPSA) is 66.9 Å². The van der Waals surface area contributed by atoms with Gasteiger partial charge in [-0.15, -0.1) is 0 Å². The number of amides is 1. The number of allylic oxidation sites excluding steroid dienone is 2. The van der Waals surface area contributed by atoms with E-state index in [-0.39, 0.29) is 5.91 Å². The summed E-state index contributed by atoms with van der Waals surface area (Å²) in [5.41, 5.74) is 2.20. The Morgan fingerprint density at radius 1 is 1.12 bits per heavy atom. The van der Waals surface area contributed by atoms with Crippen LogP contribution < -0.4 is 10.6 Å². The van der Waals surface area contributed by atoms with Gasteiger partial charge in [0.2, 0.25) is 0 Å². The van der Waals surface area contributed by atoms with Crippen LogP contribution in [0, 0.1) is 17.8 Å². The first-order chi connectivity index (χ1) is 12.8. The van der Waals surface area contributed by atoms with E-state index < -0.39 is 0 Å². The highest BCUT2D eigenvalue weighted by Gasteiger charge is 2.34. The van der Waals surface area contributed by atoms with Crippen LogP contribution in [0.1, 0.15) is 35.4 Å². The normalized spacial score (nSPS) is 23.2. The van der Waals surface area contributed by atoms with Gasteiger partial charge in [-0.25, -0.2) is 0 Å². The van der Waals surface area contributed by atoms with Crippen LogP contribution in [0.5, 0.6) is 0 Å². The number of nitrogens with one attached hydrogen (secondary N) is 2. The number of carbonyl (C=O) groups excluding carboxylic acids is 1. The first-order valence-corrected chi connectivity index (χ1v) is 9.34. The van der Waals surface area contributed by atoms with E-state index in [1.807, 2.05) is 30.3 Å². The third kappa shape index (κ3) is 3.93. The van der Waals surface area contributed by atoms with E-state index >= 15 is 0 Å². The molecule has 2 heterocycles. The van der Waals surface area contributed by atoms with Gasteiger partial charge in [-0.1, -0.05) is 18.2 Å². The van der Waals surface area contributed by atoms with Crippen LogP contribution in [0.25, 0.3) is 0 Å². The zero-order valence-electron chi connectivity index (χ0n) is 14.8. The largest absolute Gasteiger partial charge is 0.385 e. The summed E-state index contributed by atoms with van der Waals surface area (Å²) >= 11 is 0. The summed E-state index contributed by atoms with van der Waals surface area (Å²) in [7, 11) is 0. The molecular formula is C21H24N4O. The van der Waals surface area contributed by atoms with Crippen LogP contribution in [0.15, 0.2) is 54.9 Å². The minimum atomic E-state index is -0.183. The first kappa shape index (κ1) is 16.8. The van der Waals surface area contributed by atoms with Gasteiger partial charge < -0.3 is 10.6 Å². The predicted octanol–water partition coefficient (Wildman–Crippen LogP) is 3.42. The van der Waals surface area contributed by atoms with Gasteiger partial charge in [0.05, 0.1) is 12.2 Å². The fraction of sp³-hybridized carbons (Fsp3) is 0.381. The standard InChI is InChI=1S/C21H24N4O/c26-21(25-14-19-3-1-2-8-22-19)20-13-18(7-10-24-20)23-9-6-17-12-15-4-5-16(17)11-15/h1-5,7-8,10,13,15-17H,6,9,11-12,14H2,(H,23,24)(H,25,26)/t15-,16+,17-/m1/s1. The van der Waals surface area contributed by atoms with Crippen molar-refractivity contribution in [2.45, 2.75) is 25.8 Å². The van der Waals surface area contributed by atoms with Gasteiger partial charge >= 0.3 is 0 Å². The molecule has 2 aromatic heterocycles. The molecule has 0 aliphatic heterocycles. The van der Waals surface area contributed by atoms with E-state index in [9.17, 15) is 4.79 Å². The summed E-state index contributed by atoms with van der Waals surface area (Å²) in [4.78, 5) is 20.7. The molecule has 1 saturated carbocycles. The zero-order valence-corrected chi connectivity index (χ0v) is 14.8. The lowest BCUT2D eigenvalue weighted by atomic mass is 9.91. The first-order valence-electron chi connectivity index (χ1n) is 9.34. The Balaban J connectivity index is 1.27. The molecule has 134 valence electrons. The third-order valence-electron chi connectivity index (χ3n) is 5.41. The number of nitrogens with zero attached hydrogens (tertiary/aromatic N) is 2.